The molecule has 0 saturated heterocycles. The van der Waals surface area contributed by atoms with Crippen molar-refractivity contribution in [3.05, 3.63) is 16.8 Å². The number of carbonyl (C=O) groups excluding carboxylic acids is 1. The van der Waals surface area contributed by atoms with Crippen molar-refractivity contribution < 1.29 is 14.6 Å². The molecule has 0 bridgehead atoms. The van der Waals surface area contributed by atoms with Crippen molar-refractivity contribution in [1.29, 1.82) is 0 Å². The Morgan fingerprint density at radius 1 is 1.31 bits per heavy atom. The molecule has 1 saturated carbocycles. The molecule has 1 amide bonds. The lowest BCUT2D eigenvalue weighted by Crippen LogP contribution is -2.31. The van der Waals surface area contributed by atoms with E-state index in [4.69, 9.17) is 4.74 Å². The minimum atomic E-state index is -0.531. The number of fused-ring (bicyclic) bond motifs is 3. The van der Waals surface area contributed by atoms with Crippen molar-refractivity contribution in [3.63, 3.8) is 0 Å². The number of amides is 1. The van der Waals surface area contributed by atoms with Crippen molar-refractivity contribution in [3.8, 4) is 5.88 Å². The topological polar surface area (TPSA) is 84.3 Å². The number of aromatic nitrogens is 2. The molecule has 0 aliphatic heterocycles. The van der Waals surface area contributed by atoms with E-state index in [2.05, 4.69) is 22.2 Å². The number of carbonyl (C=O) groups is 1. The van der Waals surface area contributed by atoms with Gasteiger partial charge in [0.2, 0.25) is 11.8 Å². The van der Waals surface area contributed by atoms with Crippen LogP contribution in [0.2, 0.25) is 0 Å². The number of thiophene rings is 1. The maximum atomic E-state index is 12.4. The zero-order chi connectivity index (χ0) is 20.4. The summed E-state index contributed by atoms with van der Waals surface area (Å²) in [6.45, 7) is 4.24. The first-order valence-electron chi connectivity index (χ1n) is 10.9. The molecule has 29 heavy (non-hydrogen) atoms. The summed E-state index contributed by atoms with van der Waals surface area (Å²) in [5, 5.41) is 13.3. The predicted molar refractivity (Wildman–Crippen MR) is 114 cm³/mol. The van der Waals surface area contributed by atoms with Gasteiger partial charge in [-0.05, 0) is 62.8 Å². The summed E-state index contributed by atoms with van der Waals surface area (Å²) in [5.74, 6) is 1.68. The number of nitrogens with zero attached hydrogens (tertiary/aromatic N) is 2. The highest BCUT2D eigenvalue weighted by Gasteiger charge is 2.32. The molecule has 0 unspecified atom stereocenters. The van der Waals surface area contributed by atoms with E-state index in [0.29, 0.717) is 18.8 Å². The average Bonchev–Trinajstić information content (AvgIpc) is 3.27. The van der Waals surface area contributed by atoms with E-state index in [9.17, 15) is 9.90 Å². The Kier molecular flexibility index (Phi) is 6.35. The molecule has 2 aromatic heterocycles. The lowest BCUT2D eigenvalue weighted by molar-refractivity contribution is -0.121. The van der Waals surface area contributed by atoms with Crippen molar-refractivity contribution in [2.24, 2.45) is 5.92 Å². The summed E-state index contributed by atoms with van der Waals surface area (Å²) < 4.78 is 6.40. The van der Waals surface area contributed by atoms with Crippen LogP contribution in [0.15, 0.2) is 6.33 Å². The lowest BCUT2D eigenvalue weighted by Gasteiger charge is -2.28. The molecule has 2 aliphatic carbocycles. The molecule has 6 nitrogen and oxygen atoms in total. The van der Waals surface area contributed by atoms with Crippen LogP contribution < -0.4 is 10.1 Å². The summed E-state index contributed by atoms with van der Waals surface area (Å²) in [7, 11) is 0. The van der Waals surface area contributed by atoms with Gasteiger partial charge in [-0.2, -0.15) is 0 Å². The fraction of sp³-hybridized carbons (Fsp3) is 0.682. The Balaban J connectivity index is 1.53. The van der Waals surface area contributed by atoms with Crippen molar-refractivity contribution in [1.82, 2.24) is 15.3 Å². The molecule has 2 N–H and O–H groups in total. The Labute approximate surface area is 176 Å². The number of hydrogen-bond acceptors (Lipinski definition) is 6. The molecule has 0 radical (unpaired) electrons. The van der Waals surface area contributed by atoms with Gasteiger partial charge in [0.1, 0.15) is 17.3 Å². The number of nitrogens with one attached hydrogen (secondary N) is 1. The van der Waals surface area contributed by atoms with Crippen molar-refractivity contribution >= 4 is 27.5 Å². The van der Waals surface area contributed by atoms with Gasteiger partial charge in [-0.3, -0.25) is 4.79 Å². The van der Waals surface area contributed by atoms with E-state index in [0.717, 1.165) is 41.8 Å². The fourth-order valence-electron chi connectivity index (χ4n) is 4.71. The Hall–Kier alpha value is -1.73. The zero-order valence-electron chi connectivity index (χ0n) is 17.3. The first-order chi connectivity index (χ1) is 14.0. The van der Waals surface area contributed by atoms with E-state index >= 15 is 0 Å². The van der Waals surface area contributed by atoms with E-state index in [1.165, 1.54) is 29.7 Å². The number of ether oxygens (including phenoxy) is 1. The van der Waals surface area contributed by atoms with Gasteiger partial charge < -0.3 is 15.2 Å². The Morgan fingerprint density at radius 2 is 2.10 bits per heavy atom. The number of hydrogen-bond donors (Lipinski definition) is 2. The molecular weight excluding hydrogens is 386 g/mol. The van der Waals surface area contributed by atoms with Crippen LogP contribution >= 0.6 is 11.3 Å². The number of rotatable bonds is 7. The maximum Gasteiger partial charge on any atom is 0.225 e. The molecule has 2 aromatic rings. The molecule has 0 aromatic carbocycles. The highest BCUT2D eigenvalue weighted by Crippen LogP contribution is 2.47. The van der Waals surface area contributed by atoms with Crippen LogP contribution in [0.5, 0.6) is 5.88 Å². The van der Waals surface area contributed by atoms with Crippen LogP contribution in [0.1, 0.15) is 75.2 Å². The summed E-state index contributed by atoms with van der Waals surface area (Å²) in [4.78, 5) is 23.6. The minimum absolute atomic E-state index is 0.0136. The summed E-state index contributed by atoms with van der Waals surface area (Å²) >= 11 is 1.71. The minimum Gasteiger partial charge on any atom is -0.474 e. The third-order valence-electron chi connectivity index (χ3n) is 6.37. The number of aliphatic hydroxyl groups excluding tert-OH is 1. The van der Waals surface area contributed by atoms with Crippen LogP contribution in [0.4, 0.5) is 0 Å². The highest BCUT2D eigenvalue weighted by molar-refractivity contribution is 7.19. The summed E-state index contributed by atoms with van der Waals surface area (Å²) in [6.07, 6.45) is 9.54. The third kappa shape index (κ3) is 4.56. The van der Waals surface area contributed by atoms with Gasteiger partial charge in [-0.25, -0.2) is 9.97 Å². The monoisotopic (exact) mass is 417 g/mol. The largest absolute Gasteiger partial charge is 0.474 e. The molecule has 1 fully saturated rings. The fourth-order valence-corrected chi connectivity index (χ4v) is 5.94. The van der Waals surface area contributed by atoms with E-state index in [-0.39, 0.29) is 17.9 Å². The van der Waals surface area contributed by atoms with Gasteiger partial charge in [0.25, 0.3) is 0 Å². The molecule has 7 heteroatoms. The molecule has 4 rings (SSSR count). The van der Waals surface area contributed by atoms with Crippen molar-refractivity contribution in [2.75, 3.05) is 6.54 Å². The molecule has 2 aliphatic rings. The first kappa shape index (κ1) is 20.5. The van der Waals surface area contributed by atoms with E-state index < -0.39 is 6.10 Å². The third-order valence-corrected chi connectivity index (χ3v) is 7.54. The second kappa shape index (κ2) is 8.96. The van der Waals surface area contributed by atoms with Gasteiger partial charge in [-0.1, -0.05) is 13.3 Å². The first-order valence-corrected chi connectivity index (χ1v) is 11.7. The maximum absolute atomic E-state index is 12.4. The van der Waals surface area contributed by atoms with Gasteiger partial charge in [0, 0.05) is 17.8 Å². The zero-order valence-corrected chi connectivity index (χ0v) is 18.1. The van der Waals surface area contributed by atoms with E-state index in [1.807, 2.05) is 0 Å². The second-order valence-corrected chi connectivity index (χ2v) is 9.64. The molecule has 158 valence electrons. The van der Waals surface area contributed by atoms with Gasteiger partial charge in [-0.15, -0.1) is 11.3 Å². The van der Waals surface area contributed by atoms with Crippen LogP contribution in [0.3, 0.4) is 0 Å². The van der Waals surface area contributed by atoms with Crippen LogP contribution in [0.25, 0.3) is 10.2 Å². The summed E-state index contributed by atoms with van der Waals surface area (Å²) in [5.41, 5.74) is 1.22. The smallest absolute Gasteiger partial charge is 0.225 e. The molecule has 2 atom stereocenters. The van der Waals surface area contributed by atoms with Gasteiger partial charge >= 0.3 is 0 Å². The number of aliphatic hydroxyl groups is 1. The van der Waals surface area contributed by atoms with Crippen LogP contribution in [-0.2, 0) is 11.2 Å². The lowest BCUT2D eigenvalue weighted by atomic mass is 9.86. The Morgan fingerprint density at radius 3 is 2.83 bits per heavy atom. The van der Waals surface area contributed by atoms with Crippen LogP contribution in [0, 0.1) is 5.92 Å². The quantitative estimate of drug-likeness (QED) is 0.712. The van der Waals surface area contributed by atoms with Crippen LogP contribution in [-0.4, -0.2) is 39.7 Å². The van der Waals surface area contributed by atoms with Gasteiger partial charge in [0.05, 0.1) is 11.5 Å². The highest BCUT2D eigenvalue weighted by atomic mass is 32.1. The summed E-state index contributed by atoms with van der Waals surface area (Å²) in [6, 6.07) is 0. The van der Waals surface area contributed by atoms with Crippen molar-refractivity contribution in [2.45, 2.75) is 83.3 Å². The normalized spacial score (nSPS) is 25.0. The SMILES string of the molecule is CCC1CCC(Oc2ncnc3sc4c(c23)[C@@H](CC(=O)NC[C@@H](C)O)CC4)CC1. The van der Waals surface area contributed by atoms with Gasteiger partial charge in [0.15, 0.2) is 0 Å². The standard InChI is InChI=1S/C22H31N3O3S/c1-3-14-4-7-16(8-5-14)28-21-20-19-15(10-18(27)23-11-13(2)26)6-9-17(19)29-22(20)25-12-24-21/h12-16,26H,3-11H2,1-2H3,(H,23,27)/t13-,14?,15-,16?/m1/s1. The average molecular weight is 418 g/mol. The Bertz CT molecular complexity index is 858. The number of aryl methyl sites for hydroxylation is 1. The molecular formula is C22H31N3O3S. The second-order valence-electron chi connectivity index (χ2n) is 8.56. The predicted octanol–water partition coefficient (Wildman–Crippen LogP) is 3.96. The molecule has 0 spiro atoms. The molecule has 2 heterocycles. The van der Waals surface area contributed by atoms with E-state index in [1.54, 1.807) is 24.6 Å².